The minimum absolute atomic E-state index is 0.00483. The van der Waals surface area contributed by atoms with Gasteiger partial charge in [-0.05, 0) is 20.3 Å². The summed E-state index contributed by atoms with van der Waals surface area (Å²) < 4.78 is 6.42. The number of nitrogens with one attached hydrogen (secondary N) is 1. The molecule has 0 radical (unpaired) electrons. The van der Waals surface area contributed by atoms with Crippen LogP contribution in [0, 0.1) is 6.92 Å². The molecule has 112 valence electrons. The molecule has 0 saturated carbocycles. The van der Waals surface area contributed by atoms with Gasteiger partial charge in [-0.2, -0.15) is 0 Å². The maximum atomic E-state index is 11.5. The lowest BCUT2D eigenvalue weighted by molar-refractivity contribution is -0.143. The first-order chi connectivity index (χ1) is 9.54. The van der Waals surface area contributed by atoms with Crippen molar-refractivity contribution in [3.8, 4) is 0 Å². The van der Waals surface area contributed by atoms with E-state index in [1.807, 2.05) is 12.3 Å². The van der Waals surface area contributed by atoms with Crippen molar-refractivity contribution in [1.29, 1.82) is 0 Å². The fourth-order valence-electron chi connectivity index (χ4n) is 1.70. The molecule has 1 amide bonds. The smallest absolute Gasteiger partial charge is 0.307 e. The number of thiazole rings is 1. The largest absolute Gasteiger partial charge is 0.466 e. The van der Waals surface area contributed by atoms with Gasteiger partial charge in [0.05, 0.1) is 13.0 Å². The van der Waals surface area contributed by atoms with E-state index in [-0.39, 0.29) is 29.7 Å². The molecule has 0 aliphatic carbocycles. The highest BCUT2D eigenvalue weighted by Gasteiger charge is 2.06. The van der Waals surface area contributed by atoms with Crippen LogP contribution in [-0.4, -0.2) is 29.6 Å². The van der Waals surface area contributed by atoms with E-state index in [1.54, 1.807) is 11.5 Å². The molecule has 1 N–H and O–H groups in total. The van der Waals surface area contributed by atoms with E-state index in [9.17, 15) is 14.4 Å². The molecule has 0 aliphatic rings. The molecule has 0 bridgehead atoms. The number of carbonyl (C=O) groups is 2. The molecule has 0 aliphatic heterocycles. The molecule has 1 aromatic rings. The number of nitrogens with zero attached hydrogens (tertiary/aromatic N) is 1. The molecule has 1 aromatic heterocycles. The van der Waals surface area contributed by atoms with Gasteiger partial charge in [0.25, 0.3) is 0 Å². The average molecular weight is 300 g/mol. The zero-order chi connectivity index (χ0) is 15.0. The van der Waals surface area contributed by atoms with Crippen LogP contribution in [0.3, 0.4) is 0 Å². The Labute approximate surface area is 121 Å². The van der Waals surface area contributed by atoms with Crippen molar-refractivity contribution in [2.45, 2.75) is 39.7 Å². The quantitative estimate of drug-likeness (QED) is 0.728. The van der Waals surface area contributed by atoms with Crippen molar-refractivity contribution < 1.29 is 14.3 Å². The number of aryl methyl sites for hydroxylation is 1. The van der Waals surface area contributed by atoms with E-state index in [2.05, 4.69) is 5.32 Å². The zero-order valence-electron chi connectivity index (χ0n) is 11.8. The monoisotopic (exact) mass is 300 g/mol. The molecule has 0 saturated heterocycles. The number of aromatic nitrogens is 1. The summed E-state index contributed by atoms with van der Waals surface area (Å²) in [5.41, 5.74) is 0.919. The fourth-order valence-corrected chi connectivity index (χ4v) is 2.46. The standard InChI is InChI=1S/C13H20N2O4S/c1-3-19-12(17)6-7-14-11(16)5-4-8-15-10(2)9-20-13(15)18/h9H,3-8H2,1-2H3,(H,14,16). The number of esters is 1. The predicted octanol–water partition coefficient (Wildman–Crippen LogP) is 1.07. The lowest BCUT2D eigenvalue weighted by Crippen LogP contribution is -2.27. The fraction of sp³-hybridized carbons (Fsp3) is 0.615. The van der Waals surface area contributed by atoms with Crippen LogP contribution in [-0.2, 0) is 20.9 Å². The van der Waals surface area contributed by atoms with Crippen LogP contribution in [0.25, 0.3) is 0 Å². The molecule has 20 heavy (non-hydrogen) atoms. The van der Waals surface area contributed by atoms with Crippen LogP contribution in [0.4, 0.5) is 0 Å². The molecule has 1 heterocycles. The van der Waals surface area contributed by atoms with E-state index < -0.39 is 0 Å². The number of hydrogen-bond acceptors (Lipinski definition) is 5. The summed E-state index contributed by atoms with van der Waals surface area (Å²) in [6.07, 6.45) is 1.12. The van der Waals surface area contributed by atoms with E-state index in [0.717, 1.165) is 5.69 Å². The van der Waals surface area contributed by atoms with E-state index in [4.69, 9.17) is 4.74 Å². The van der Waals surface area contributed by atoms with Gasteiger partial charge in [0, 0.05) is 30.6 Å². The van der Waals surface area contributed by atoms with Gasteiger partial charge in [0.15, 0.2) is 0 Å². The third-order valence-corrected chi connectivity index (χ3v) is 3.60. The Balaban J connectivity index is 2.18. The maximum Gasteiger partial charge on any atom is 0.307 e. The van der Waals surface area contributed by atoms with Crippen LogP contribution in [0.15, 0.2) is 10.2 Å². The lowest BCUT2D eigenvalue weighted by atomic mass is 10.3. The number of ether oxygens (including phenoxy) is 1. The van der Waals surface area contributed by atoms with E-state index >= 15 is 0 Å². The molecule has 0 atom stereocenters. The molecule has 1 rings (SSSR count). The minimum Gasteiger partial charge on any atom is -0.466 e. The summed E-state index contributed by atoms with van der Waals surface area (Å²) in [7, 11) is 0. The van der Waals surface area contributed by atoms with Gasteiger partial charge in [-0.15, -0.1) is 0 Å². The maximum absolute atomic E-state index is 11.5. The molecule has 0 fully saturated rings. The number of rotatable bonds is 8. The Morgan fingerprint density at radius 1 is 1.40 bits per heavy atom. The highest BCUT2D eigenvalue weighted by atomic mass is 32.1. The number of carbonyl (C=O) groups excluding carboxylic acids is 2. The summed E-state index contributed by atoms with van der Waals surface area (Å²) in [6, 6.07) is 0. The van der Waals surface area contributed by atoms with Gasteiger partial charge in [0.1, 0.15) is 0 Å². The van der Waals surface area contributed by atoms with Gasteiger partial charge in [-0.3, -0.25) is 14.4 Å². The Hall–Kier alpha value is -1.63. The van der Waals surface area contributed by atoms with Crippen LogP contribution in [0.2, 0.25) is 0 Å². The van der Waals surface area contributed by atoms with Crippen molar-refractivity contribution in [3.05, 3.63) is 20.7 Å². The summed E-state index contributed by atoms with van der Waals surface area (Å²) in [5, 5.41) is 4.46. The van der Waals surface area contributed by atoms with Crippen molar-refractivity contribution in [3.63, 3.8) is 0 Å². The normalized spacial score (nSPS) is 10.3. The third kappa shape index (κ3) is 5.56. The Kier molecular flexibility index (Phi) is 7.00. The minimum atomic E-state index is -0.312. The van der Waals surface area contributed by atoms with Crippen molar-refractivity contribution >= 4 is 23.2 Å². The summed E-state index contributed by atoms with van der Waals surface area (Å²) in [5.74, 6) is -0.427. The first-order valence-corrected chi connectivity index (χ1v) is 7.49. The van der Waals surface area contributed by atoms with Crippen LogP contribution in [0.5, 0.6) is 0 Å². The van der Waals surface area contributed by atoms with Crippen LogP contribution < -0.4 is 10.2 Å². The van der Waals surface area contributed by atoms with Crippen LogP contribution in [0.1, 0.15) is 31.9 Å². The molecular weight excluding hydrogens is 280 g/mol. The van der Waals surface area contributed by atoms with Crippen molar-refractivity contribution in [2.24, 2.45) is 0 Å². The SMILES string of the molecule is CCOC(=O)CCNC(=O)CCCn1c(C)csc1=O. The Bertz CT molecular complexity index is 507. The molecule has 6 nitrogen and oxygen atoms in total. The lowest BCUT2D eigenvalue weighted by Gasteiger charge is -2.06. The molecular formula is C13H20N2O4S. The highest BCUT2D eigenvalue weighted by molar-refractivity contribution is 7.07. The summed E-state index contributed by atoms with van der Waals surface area (Å²) in [4.78, 5) is 34.0. The average Bonchev–Trinajstić information content (AvgIpc) is 2.70. The van der Waals surface area contributed by atoms with Gasteiger partial charge >= 0.3 is 10.8 Å². The molecule has 0 aromatic carbocycles. The van der Waals surface area contributed by atoms with Gasteiger partial charge in [-0.1, -0.05) is 11.3 Å². The molecule has 0 unspecified atom stereocenters. The molecule has 0 spiro atoms. The van der Waals surface area contributed by atoms with Gasteiger partial charge < -0.3 is 14.6 Å². The second-order valence-corrected chi connectivity index (χ2v) is 5.12. The second-order valence-electron chi connectivity index (χ2n) is 4.30. The van der Waals surface area contributed by atoms with Gasteiger partial charge in [-0.25, -0.2) is 0 Å². The predicted molar refractivity (Wildman–Crippen MR) is 76.8 cm³/mol. The first-order valence-electron chi connectivity index (χ1n) is 6.61. The van der Waals surface area contributed by atoms with Gasteiger partial charge in [0.2, 0.25) is 5.91 Å². The zero-order valence-corrected chi connectivity index (χ0v) is 12.6. The summed E-state index contributed by atoms with van der Waals surface area (Å²) in [6.45, 7) is 4.79. The Morgan fingerprint density at radius 2 is 2.15 bits per heavy atom. The highest BCUT2D eigenvalue weighted by Crippen LogP contribution is 2.02. The van der Waals surface area contributed by atoms with Crippen molar-refractivity contribution in [1.82, 2.24) is 9.88 Å². The van der Waals surface area contributed by atoms with E-state index in [1.165, 1.54) is 11.3 Å². The summed E-state index contributed by atoms with van der Waals surface area (Å²) >= 11 is 1.17. The topological polar surface area (TPSA) is 77.4 Å². The first kappa shape index (κ1) is 16.4. The van der Waals surface area contributed by atoms with E-state index in [0.29, 0.717) is 26.0 Å². The molecule has 7 heteroatoms. The Morgan fingerprint density at radius 3 is 2.75 bits per heavy atom. The second kappa shape index (κ2) is 8.52. The third-order valence-electron chi connectivity index (χ3n) is 2.72. The number of amides is 1. The van der Waals surface area contributed by atoms with Crippen LogP contribution >= 0.6 is 11.3 Å². The van der Waals surface area contributed by atoms with Crippen molar-refractivity contribution in [2.75, 3.05) is 13.2 Å². The number of hydrogen-bond donors (Lipinski definition) is 1.